The lowest BCUT2D eigenvalue weighted by molar-refractivity contribution is -0.149. The standard InChI is InChI=1S/C17H21F3N2O5/c1-26-15(24)8-12-6-7-13(14(9-23)27-12)22-16(25)21-11-4-2-10(3-5-11)17(18,19)20/h2-5,12-14,23H,6-9H2,1H3,(H2,21,22,25)/t12-,13-,14+/m0/s1. The van der Waals surface area contributed by atoms with Crippen LogP contribution in [0.2, 0.25) is 0 Å². The van der Waals surface area contributed by atoms with Gasteiger partial charge in [0.05, 0.1) is 37.8 Å². The first-order chi connectivity index (χ1) is 12.7. The Kier molecular flexibility index (Phi) is 7.03. The van der Waals surface area contributed by atoms with Gasteiger partial charge < -0.3 is 25.2 Å². The Morgan fingerprint density at radius 1 is 1.26 bits per heavy atom. The van der Waals surface area contributed by atoms with E-state index in [0.717, 1.165) is 24.3 Å². The van der Waals surface area contributed by atoms with Crippen LogP contribution in [0.25, 0.3) is 0 Å². The second kappa shape index (κ2) is 9.05. The summed E-state index contributed by atoms with van der Waals surface area (Å²) in [5.41, 5.74) is -0.618. The third kappa shape index (κ3) is 6.10. The molecule has 0 saturated carbocycles. The first-order valence-corrected chi connectivity index (χ1v) is 8.31. The Hall–Kier alpha value is -2.33. The number of ether oxygens (including phenoxy) is 2. The molecule has 27 heavy (non-hydrogen) atoms. The maximum atomic E-state index is 12.5. The van der Waals surface area contributed by atoms with E-state index in [1.807, 2.05) is 0 Å². The van der Waals surface area contributed by atoms with Gasteiger partial charge >= 0.3 is 18.2 Å². The molecule has 1 aliphatic heterocycles. The Bertz CT molecular complexity index is 651. The van der Waals surface area contributed by atoms with E-state index in [1.54, 1.807) is 0 Å². The van der Waals surface area contributed by atoms with Gasteiger partial charge in [0.25, 0.3) is 0 Å². The zero-order valence-electron chi connectivity index (χ0n) is 14.6. The van der Waals surface area contributed by atoms with Gasteiger partial charge in [-0.2, -0.15) is 13.2 Å². The van der Waals surface area contributed by atoms with E-state index in [1.165, 1.54) is 7.11 Å². The van der Waals surface area contributed by atoms with Gasteiger partial charge in [0.2, 0.25) is 0 Å². The molecular weight excluding hydrogens is 369 g/mol. The van der Waals surface area contributed by atoms with Crippen LogP contribution in [0.15, 0.2) is 24.3 Å². The number of amides is 2. The zero-order chi connectivity index (χ0) is 20.0. The molecule has 0 aromatic heterocycles. The number of hydrogen-bond acceptors (Lipinski definition) is 5. The topological polar surface area (TPSA) is 96.9 Å². The van der Waals surface area contributed by atoms with Crippen molar-refractivity contribution in [2.45, 2.75) is 43.7 Å². The fourth-order valence-corrected chi connectivity index (χ4v) is 2.79. The number of carbonyl (C=O) groups is 2. The van der Waals surface area contributed by atoms with Crippen molar-refractivity contribution in [3.8, 4) is 0 Å². The van der Waals surface area contributed by atoms with E-state index >= 15 is 0 Å². The summed E-state index contributed by atoms with van der Waals surface area (Å²) in [6.07, 6.45) is -4.56. The molecule has 0 aliphatic carbocycles. The molecule has 1 fully saturated rings. The lowest BCUT2D eigenvalue weighted by atomic mass is 9.97. The number of anilines is 1. The number of urea groups is 1. The summed E-state index contributed by atoms with van der Waals surface area (Å²) in [5, 5.41) is 14.5. The number of methoxy groups -OCH3 is 1. The molecule has 3 atom stereocenters. The zero-order valence-corrected chi connectivity index (χ0v) is 14.6. The van der Waals surface area contributed by atoms with Crippen molar-refractivity contribution in [1.29, 1.82) is 0 Å². The number of alkyl halides is 3. The molecular formula is C17H21F3N2O5. The van der Waals surface area contributed by atoms with E-state index < -0.39 is 42.0 Å². The summed E-state index contributed by atoms with van der Waals surface area (Å²) in [7, 11) is 1.27. The number of nitrogens with one attached hydrogen (secondary N) is 2. The molecule has 1 heterocycles. The Balaban J connectivity index is 1.88. The number of aliphatic hydroxyl groups is 1. The second-order valence-electron chi connectivity index (χ2n) is 6.12. The van der Waals surface area contributed by atoms with Crippen molar-refractivity contribution < 1.29 is 37.3 Å². The highest BCUT2D eigenvalue weighted by atomic mass is 19.4. The third-order valence-corrected chi connectivity index (χ3v) is 4.20. The Labute approximate surface area is 153 Å². The number of carbonyl (C=O) groups excluding carboxylic acids is 2. The lowest BCUT2D eigenvalue weighted by Crippen LogP contribution is -2.52. The van der Waals surface area contributed by atoms with Gasteiger partial charge in [-0.15, -0.1) is 0 Å². The average molecular weight is 390 g/mol. The predicted octanol–water partition coefficient (Wildman–Crippen LogP) is 2.30. The smallest absolute Gasteiger partial charge is 0.416 e. The summed E-state index contributed by atoms with van der Waals surface area (Å²) in [6.45, 7) is -0.358. The molecule has 0 bridgehead atoms. The molecule has 7 nitrogen and oxygen atoms in total. The van der Waals surface area contributed by atoms with Gasteiger partial charge in [-0.1, -0.05) is 0 Å². The van der Waals surface area contributed by atoms with Crippen LogP contribution in [0.5, 0.6) is 0 Å². The van der Waals surface area contributed by atoms with Gasteiger partial charge in [-0.3, -0.25) is 4.79 Å². The van der Waals surface area contributed by atoms with Crippen LogP contribution in [0.3, 0.4) is 0 Å². The first kappa shape index (κ1) is 21.0. The van der Waals surface area contributed by atoms with Crippen LogP contribution in [-0.2, 0) is 20.4 Å². The average Bonchev–Trinajstić information content (AvgIpc) is 2.62. The van der Waals surface area contributed by atoms with E-state index in [2.05, 4.69) is 15.4 Å². The van der Waals surface area contributed by atoms with Crippen LogP contribution in [0.1, 0.15) is 24.8 Å². The van der Waals surface area contributed by atoms with Gasteiger partial charge in [0.1, 0.15) is 6.10 Å². The molecule has 2 rings (SSSR count). The van der Waals surface area contributed by atoms with Crippen LogP contribution in [0.4, 0.5) is 23.7 Å². The number of rotatable bonds is 5. The molecule has 1 aliphatic rings. The Morgan fingerprint density at radius 2 is 1.93 bits per heavy atom. The molecule has 10 heteroatoms. The highest BCUT2D eigenvalue weighted by Crippen LogP contribution is 2.29. The van der Waals surface area contributed by atoms with Crippen molar-refractivity contribution in [1.82, 2.24) is 5.32 Å². The highest BCUT2D eigenvalue weighted by molar-refractivity contribution is 5.89. The fraction of sp³-hybridized carbons (Fsp3) is 0.529. The quantitative estimate of drug-likeness (QED) is 0.671. The normalized spacial score (nSPS) is 22.8. The van der Waals surface area contributed by atoms with E-state index in [4.69, 9.17) is 4.74 Å². The van der Waals surface area contributed by atoms with Crippen LogP contribution >= 0.6 is 0 Å². The molecule has 1 aromatic rings. The summed E-state index contributed by atoms with van der Waals surface area (Å²) in [6, 6.07) is 2.90. The first-order valence-electron chi connectivity index (χ1n) is 8.31. The predicted molar refractivity (Wildman–Crippen MR) is 89.0 cm³/mol. The second-order valence-corrected chi connectivity index (χ2v) is 6.12. The Morgan fingerprint density at radius 3 is 2.48 bits per heavy atom. The summed E-state index contributed by atoms with van der Waals surface area (Å²) < 4.78 is 47.8. The maximum absolute atomic E-state index is 12.5. The number of esters is 1. The van der Waals surface area contributed by atoms with Crippen LogP contribution in [0, 0.1) is 0 Å². The number of halogens is 3. The summed E-state index contributed by atoms with van der Waals surface area (Å²) in [5.74, 6) is -0.428. The number of benzene rings is 1. The molecule has 2 amide bonds. The van der Waals surface area contributed by atoms with Gasteiger partial charge in [-0.05, 0) is 37.1 Å². The van der Waals surface area contributed by atoms with Crippen LogP contribution < -0.4 is 10.6 Å². The lowest BCUT2D eigenvalue weighted by Gasteiger charge is -2.35. The third-order valence-electron chi connectivity index (χ3n) is 4.20. The minimum absolute atomic E-state index is 0.0530. The molecule has 3 N–H and O–H groups in total. The van der Waals surface area contributed by atoms with Crippen LogP contribution in [-0.4, -0.2) is 49.1 Å². The van der Waals surface area contributed by atoms with E-state index in [0.29, 0.717) is 12.8 Å². The molecule has 1 saturated heterocycles. The summed E-state index contributed by atoms with van der Waals surface area (Å²) in [4.78, 5) is 23.4. The van der Waals surface area contributed by atoms with Gasteiger partial charge in [-0.25, -0.2) is 4.79 Å². The van der Waals surface area contributed by atoms with Crippen molar-refractivity contribution in [2.75, 3.05) is 19.0 Å². The van der Waals surface area contributed by atoms with Crippen molar-refractivity contribution in [3.63, 3.8) is 0 Å². The SMILES string of the molecule is COC(=O)C[C@@H]1CC[C@H](NC(=O)Nc2ccc(C(F)(F)F)cc2)[C@@H](CO)O1. The monoisotopic (exact) mass is 390 g/mol. The van der Waals surface area contributed by atoms with E-state index in [9.17, 15) is 27.9 Å². The molecule has 0 spiro atoms. The van der Waals surface area contributed by atoms with Crippen molar-refractivity contribution >= 4 is 17.7 Å². The molecule has 150 valence electrons. The maximum Gasteiger partial charge on any atom is 0.416 e. The molecule has 0 radical (unpaired) electrons. The summed E-state index contributed by atoms with van der Waals surface area (Å²) >= 11 is 0. The minimum Gasteiger partial charge on any atom is -0.469 e. The largest absolute Gasteiger partial charge is 0.469 e. The highest BCUT2D eigenvalue weighted by Gasteiger charge is 2.33. The van der Waals surface area contributed by atoms with Gasteiger partial charge in [0, 0.05) is 5.69 Å². The molecule has 0 unspecified atom stereocenters. The minimum atomic E-state index is -4.45. The van der Waals surface area contributed by atoms with E-state index in [-0.39, 0.29) is 18.7 Å². The number of hydrogen-bond donors (Lipinski definition) is 3. The molecule has 1 aromatic carbocycles. The number of aliphatic hydroxyl groups excluding tert-OH is 1. The fourth-order valence-electron chi connectivity index (χ4n) is 2.79. The van der Waals surface area contributed by atoms with Crippen molar-refractivity contribution in [2.24, 2.45) is 0 Å². The van der Waals surface area contributed by atoms with Crippen molar-refractivity contribution in [3.05, 3.63) is 29.8 Å². The van der Waals surface area contributed by atoms with Gasteiger partial charge in [0.15, 0.2) is 0 Å².